The Labute approximate surface area is 131 Å². The molecule has 5 heteroatoms. The van der Waals surface area contributed by atoms with Crippen LogP contribution >= 0.6 is 15.9 Å². The summed E-state index contributed by atoms with van der Waals surface area (Å²) in [5, 5.41) is 18.0. The first-order chi connectivity index (χ1) is 10.1. The summed E-state index contributed by atoms with van der Waals surface area (Å²) in [5.74, 6) is -0.527. The van der Waals surface area contributed by atoms with Crippen LogP contribution in [0.15, 0.2) is 75.0 Å². The zero-order valence-electron chi connectivity index (χ0n) is 11.3. The molecular weight excluding hydrogens is 332 g/mol. The van der Waals surface area contributed by atoms with Gasteiger partial charge in [-0.15, -0.1) is 5.11 Å². The summed E-state index contributed by atoms with van der Waals surface area (Å²) in [6.07, 6.45) is 0. The van der Waals surface area contributed by atoms with Gasteiger partial charge in [0.15, 0.2) is 17.2 Å². The highest BCUT2D eigenvalue weighted by Crippen LogP contribution is 2.21. The van der Waals surface area contributed by atoms with E-state index in [0.717, 1.165) is 4.47 Å². The summed E-state index contributed by atoms with van der Waals surface area (Å²) in [4.78, 5) is 11.7. The van der Waals surface area contributed by atoms with Crippen molar-refractivity contribution in [1.82, 2.24) is 0 Å². The zero-order valence-corrected chi connectivity index (χ0v) is 12.9. The van der Waals surface area contributed by atoms with E-state index in [1.807, 2.05) is 18.2 Å². The Hall–Kier alpha value is -2.27. The standard InChI is InChI=1S/C16H13BrN2O2/c1-11(20)15(16(21)12-5-3-2-4-6-12)19-18-14-9-7-13(17)8-10-14/h2-10,21H,1H3/b16-15-,19-18?. The van der Waals surface area contributed by atoms with Crippen molar-refractivity contribution in [2.24, 2.45) is 10.2 Å². The van der Waals surface area contributed by atoms with E-state index in [9.17, 15) is 9.90 Å². The maximum atomic E-state index is 11.7. The van der Waals surface area contributed by atoms with E-state index in [1.165, 1.54) is 6.92 Å². The van der Waals surface area contributed by atoms with Gasteiger partial charge in [0.25, 0.3) is 0 Å². The zero-order chi connectivity index (χ0) is 15.2. The van der Waals surface area contributed by atoms with Crippen molar-refractivity contribution in [1.29, 1.82) is 0 Å². The minimum absolute atomic E-state index is 0.0656. The van der Waals surface area contributed by atoms with Gasteiger partial charge >= 0.3 is 0 Å². The molecule has 0 amide bonds. The van der Waals surface area contributed by atoms with E-state index < -0.39 is 0 Å². The van der Waals surface area contributed by atoms with Crippen molar-refractivity contribution >= 4 is 33.2 Å². The number of carbonyl (C=O) groups excluding carboxylic acids is 1. The molecule has 0 aromatic heterocycles. The second-order valence-corrected chi connectivity index (χ2v) is 5.21. The lowest BCUT2D eigenvalue weighted by atomic mass is 10.1. The van der Waals surface area contributed by atoms with Crippen LogP contribution in [0.3, 0.4) is 0 Å². The van der Waals surface area contributed by atoms with Gasteiger partial charge in [-0.1, -0.05) is 46.3 Å². The van der Waals surface area contributed by atoms with Crippen LogP contribution in [-0.4, -0.2) is 10.9 Å². The second kappa shape index (κ2) is 6.95. The number of azo groups is 1. The van der Waals surface area contributed by atoms with Gasteiger partial charge in [0.05, 0.1) is 5.69 Å². The average molecular weight is 345 g/mol. The molecule has 0 aliphatic carbocycles. The van der Waals surface area contributed by atoms with Crippen LogP contribution in [0.5, 0.6) is 0 Å². The molecule has 0 atom stereocenters. The molecule has 0 radical (unpaired) electrons. The van der Waals surface area contributed by atoms with Crippen LogP contribution < -0.4 is 0 Å². The van der Waals surface area contributed by atoms with Crippen LogP contribution in [-0.2, 0) is 4.79 Å². The van der Waals surface area contributed by atoms with E-state index in [1.54, 1.807) is 36.4 Å². The van der Waals surface area contributed by atoms with E-state index >= 15 is 0 Å². The van der Waals surface area contributed by atoms with Crippen molar-refractivity contribution in [3.05, 3.63) is 70.3 Å². The average Bonchev–Trinajstić information content (AvgIpc) is 2.49. The van der Waals surface area contributed by atoms with Crippen molar-refractivity contribution in [2.45, 2.75) is 6.92 Å². The van der Waals surface area contributed by atoms with E-state index in [4.69, 9.17) is 0 Å². The Balaban J connectivity index is 2.36. The number of benzene rings is 2. The van der Waals surface area contributed by atoms with Crippen LogP contribution in [0.2, 0.25) is 0 Å². The third kappa shape index (κ3) is 4.10. The fourth-order valence-corrected chi connectivity index (χ4v) is 1.90. The number of Topliss-reactive ketones (excluding diaryl/α,β-unsaturated/α-hetero) is 1. The third-order valence-electron chi connectivity index (χ3n) is 2.70. The van der Waals surface area contributed by atoms with Gasteiger partial charge in [-0.05, 0) is 24.3 Å². The Morgan fingerprint density at radius 3 is 2.24 bits per heavy atom. The van der Waals surface area contributed by atoms with Gasteiger partial charge in [0, 0.05) is 17.0 Å². The highest BCUT2D eigenvalue weighted by molar-refractivity contribution is 9.10. The van der Waals surface area contributed by atoms with Crippen LogP contribution in [0, 0.1) is 0 Å². The molecular formula is C16H13BrN2O2. The monoisotopic (exact) mass is 344 g/mol. The van der Waals surface area contributed by atoms with Crippen LogP contribution in [0.1, 0.15) is 12.5 Å². The predicted molar refractivity (Wildman–Crippen MR) is 85.3 cm³/mol. The Morgan fingerprint density at radius 2 is 1.67 bits per heavy atom. The van der Waals surface area contributed by atoms with Gasteiger partial charge in [-0.25, -0.2) is 0 Å². The molecule has 0 saturated carbocycles. The number of allylic oxidation sites excluding steroid dienone is 1. The summed E-state index contributed by atoms with van der Waals surface area (Å²) in [6.45, 7) is 1.34. The Kier molecular flexibility index (Phi) is 5.00. The fourth-order valence-electron chi connectivity index (χ4n) is 1.63. The highest BCUT2D eigenvalue weighted by Gasteiger charge is 2.12. The molecule has 4 nitrogen and oxygen atoms in total. The molecule has 0 saturated heterocycles. The Morgan fingerprint density at radius 1 is 1.05 bits per heavy atom. The van der Waals surface area contributed by atoms with Gasteiger partial charge in [0.1, 0.15) is 0 Å². The number of halogens is 1. The molecule has 106 valence electrons. The Bertz CT molecular complexity index is 692. The van der Waals surface area contributed by atoms with Crippen molar-refractivity contribution in [3.8, 4) is 0 Å². The lowest BCUT2D eigenvalue weighted by Gasteiger charge is -2.03. The van der Waals surface area contributed by atoms with Gasteiger partial charge in [0.2, 0.25) is 0 Å². The van der Waals surface area contributed by atoms with E-state index in [0.29, 0.717) is 11.3 Å². The molecule has 0 unspecified atom stereocenters. The minimum atomic E-state index is -0.350. The smallest absolute Gasteiger partial charge is 0.183 e. The molecule has 2 rings (SSSR count). The third-order valence-corrected chi connectivity index (χ3v) is 3.23. The quantitative estimate of drug-likeness (QED) is 0.479. The van der Waals surface area contributed by atoms with Crippen LogP contribution in [0.4, 0.5) is 5.69 Å². The van der Waals surface area contributed by atoms with Crippen molar-refractivity contribution < 1.29 is 9.90 Å². The largest absolute Gasteiger partial charge is 0.505 e. The van der Waals surface area contributed by atoms with E-state index in [-0.39, 0.29) is 17.2 Å². The van der Waals surface area contributed by atoms with Gasteiger partial charge < -0.3 is 5.11 Å². The SMILES string of the molecule is CC(=O)/C(N=Nc1ccc(Br)cc1)=C(/O)c1ccccc1. The molecule has 2 aromatic carbocycles. The first-order valence-corrected chi connectivity index (χ1v) is 7.04. The first-order valence-electron chi connectivity index (χ1n) is 6.25. The molecule has 2 aromatic rings. The number of rotatable bonds is 4. The maximum Gasteiger partial charge on any atom is 0.183 e. The molecule has 0 heterocycles. The van der Waals surface area contributed by atoms with Gasteiger partial charge in [-0.3, -0.25) is 4.79 Å². The second-order valence-electron chi connectivity index (χ2n) is 4.30. The van der Waals surface area contributed by atoms with Crippen molar-refractivity contribution in [2.75, 3.05) is 0 Å². The lowest BCUT2D eigenvalue weighted by molar-refractivity contribution is -0.113. The summed E-state index contributed by atoms with van der Waals surface area (Å²) >= 11 is 3.33. The number of aliphatic hydroxyl groups excluding tert-OH is 1. The van der Waals surface area contributed by atoms with Gasteiger partial charge in [-0.2, -0.15) is 5.11 Å². The number of hydrogen-bond donors (Lipinski definition) is 1. The van der Waals surface area contributed by atoms with E-state index in [2.05, 4.69) is 26.2 Å². The normalized spacial score (nSPS) is 12.3. The minimum Gasteiger partial charge on any atom is -0.505 e. The van der Waals surface area contributed by atoms with Crippen molar-refractivity contribution in [3.63, 3.8) is 0 Å². The number of ketones is 1. The molecule has 21 heavy (non-hydrogen) atoms. The molecule has 0 aliphatic rings. The van der Waals surface area contributed by atoms with Crippen LogP contribution in [0.25, 0.3) is 5.76 Å². The fraction of sp³-hybridized carbons (Fsp3) is 0.0625. The summed E-state index contributed by atoms with van der Waals surface area (Å²) in [5.41, 5.74) is 1.05. The predicted octanol–water partition coefficient (Wildman–Crippen LogP) is 5.05. The molecule has 0 bridgehead atoms. The summed E-state index contributed by atoms with van der Waals surface area (Å²) in [7, 11) is 0. The topological polar surface area (TPSA) is 62.0 Å². The molecule has 0 aliphatic heterocycles. The molecule has 1 N–H and O–H groups in total. The summed E-state index contributed by atoms with van der Waals surface area (Å²) in [6, 6.07) is 15.9. The molecule has 0 spiro atoms. The number of nitrogens with zero attached hydrogens (tertiary/aromatic N) is 2. The highest BCUT2D eigenvalue weighted by atomic mass is 79.9. The first kappa shape index (κ1) is 15.1. The summed E-state index contributed by atoms with van der Waals surface area (Å²) < 4.78 is 0.927. The number of aliphatic hydroxyl groups is 1. The number of carbonyl (C=O) groups is 1. The maximum absolute atomic E-state index is 11.7. The number of hydrogen-bond acceptors (Lipinski definition) is 4. The lowest BCUT2D eigenvalue weighted by Crippen LogP contribution is -1.98. The molecule has 0 fully saturated rings.